The average molecular weight is 196 g/mol. The predicted octanol–water partition coefficient (Wildman–Crippen LogP) is 1.23. The summed E-state index contributed by atoms with van der Waals surface area (Å²) in [5.74, 6) is 0. The number of rotatable bonds is 7. The second kappa shape index (κ2) is 6.54. The SMILES string of the molecule is CCCNCCCc1cn(CC)nn1. The first-order chi connectivity index (χ1) is 6.86. The highest BCUT2D eigenvalue weighted by molar-refractivity contribution is 4.92. The zero-order chi connectivity index (χ0) is 10.2. The maximum absolute atomic E-state index is 4.09. The standard InChI is InChI=1S/C10H20N4/c1-3-7-11-8-5-6-10-9-14(4-2)13-12-10/h9,11H,3-8H2,1-2H3. The smallest absolute Gasteiger partial charge is 0.0827 e. The van der Waals surface area contributed by atoms with Crippen LogP contribution in [0.1, 0.15) is 32.4 Å². The Kier molecular flexibility index (Phi) is 5.22. The Labute approximate surface area is 85.7 Å². The quantitative estimate of drug-likeness (QED) is 0.667. The third kappa shape index (κ3) is 3.87. The van der Waals surface area contributed by atoms with Gasteiger partial charge in [-0.1, -0.05) is 12.1 Å². The van der Waals surface area contributed by atoms with Gasteiger partial charge in [-0.25, -0.2) is 0 Å². The van der Waals surface area contributed by atoms with Gasteiger partial charge in [-0.2, -0.15) is 0 Å². The third-order valence-electron chi connectivity index (χ3n) is 2.12. The normalized spacial score (nSPS) is 10.7. The third-order valence-corrected chi connectivity index (χ3v) is 2.12. The van der Waals surface area contributed by atoms with Crippen LogP contribution in [0.15, 0.2) is 6.20 Å². The lowest BCUT2D eigenvalue weighted by atomic mass is 10.2. The lowest BCUT2D eigenvalue weighted by Crippen LogP contribution is -2.16. The van der Waals surface area contributed by atoms with Crippen molar-refractivity contribution in [2.45, 2.75) is 39.7 Å². The summed E-state index contributed by atoms with van der Waals surface area (Å²) in [6.07, 6.45) is 5.39. The van der Waals surface area contributed by atoms with E-state index in [9.17, 15) is 0 Å². The molecule has 0 aliphatic carbocycles. The fraction of sp³-hybridized carbons (Fsp3) is 0.800. The van der Waals surface area contributed by atoms with Gasteiger partial charge in [0.2, 0.25) is 0 Å². The number of nitrogens with one attached hydrogen (secondary N) is 1. The van der Waals surface area contributed by atoms with Crippen LogP contribution in [-0.4, -0.2) is 28.1 Å². The van der Waals surface area contributed by atoms with Crippen molar-refractivity contribution in [3.8, 4) is 0 Å². The molecule has 1 aromatic rings. The van der Waals surface area contributed by atoms with Gasteiger partial charge in [0.05, 0.1) is 5.69 Å². The summed E-state index contributed by atoms with van der Waals surface area (Å²) in [6.45, 7) is 7.34. The van der Waals surface area contributed by atoms with Crippen LogP contribution in [0, 0.1) is 0 Å². The first-order valence-electron chi connectivity index (χ1n) is 5.46. The molecule has 0 saturated heterocycles. The minimum atomic E-state index is 0.904. The van der Waals surface area contributed by atoms with Gasteiger partial charge in [-0.05, 0) is 39.3 Å². The predicted molar refractivity (Wildman–Crippen MR) is 57.2 cm³/mol. The summed E-state index contributed by atoms with van der Waals surface area (Å²) in [5.41, 5.74) is 1.10. The van der Waals surface area contributed by atoms with Gasteiger partial charge in [0.15, 0.2) is 0 Å². The molecule has 0 aromatic carbocycles. The van der Waals surface area contributed by atoms with E-state index in [4.69, 9.17) is 0 Å². The molecule has 0 fully saturated rings. The minimum absolute atomic E-state index is 0.904. The lowest BCUT2D eigenvalue weighted by Gasteiger charge is -2.00. The Morgan fingerprint density at radius 2 is 2.21 bits per heavy atom. The van der Waals surface area contributed by atoms with E-state index in [1.54, 1.807) is 0 Å². The molecule has 14 heavy (non-hydrogen) atoms. The molecule has 0 bridgehead atoms. The summed E-state index contributed by atoms with van der Waals surface area (Å²) in [4.78, 5) is 0. The average Bonchev–Trinajstić information content (AvgIpc) is 2.65. The summed E-state index contributed by atoms with van der Waals surface area (Å²) in [5, 5.41) is 11.5. The molecular weight excluding hydrogens is 176 g/mol. The number of aryl methyl sites for hydroxylation is 2. The van der Waals surface area contributed by atoms with Crippen LogP contribution in [-0.2, 0) is 13.0 Å². The number of hydrogen-bond donors (Lipinski definition) is 1. The molecule has 1 rings (SSSR count). The summed E-state index contributed by atoms with van der Waals surface area (Å²) in [7, 11) is 0. The monoisotopic (exact) mass is 196 g/mol. The lowest BCUT2D eigenvalue weighted by molar-refractivity contribution is 0.624. The van der Waals surface area contributed by atoms with Gasteiger partial charge in [-0.3, -0.25) is 4.68 Å². The number of aromatic nitrogens is 3. The molecular formula is C10H20N4. The van der Waals surface area contributed by atoms with Crippen LogP contribution < -0.4 is 5.32 Å². The highest BCUT2D eigenvalue weighted by Gasteiger charge is 1.98. The first-order valence-corrected chi connectivity index (χ1v) is 5.46. The van der Waals surface area contributed by atoms with Gasteiger partial charge in [0, 0.05) is 12.7 Å². The van der Waals surface area contributed by atoms with Crippen LogP contribution in [0.4, 0.5) is 0 Å². The Bertz CT molecular complexity index is 244. The molecule has 0 atom stereocenters. The van der Waals surface area contributed by atoms with E-state index in [0.29, 0.717) is 0 Å². The van der Waals surface area contributed by atoms with Crippen LogP contribution in [0.25, 0.3) is 0 Å². The van der Waals surface area contributed by atoms with E-state index >= 15 is 0 Å². The van der Waals surface area contributed by atoms with Crippen LogP contribution in [0.3, 0.4) is 0 Å². The molecule has 1 N–H and O–H groups in total. The van der Waals surface area contributed by atoms with Gasteiger partial charge in [-0.15, -0.1) is 5.10 Å². The van der Waals surface area contributed by atoms with E-state index in [2.05, 4.69) is 29.5 Å². The molecule has 4 nitrogen and oxygen atoms in total. The zero-order valence-corrected chi connectivity index (χ0v) is 9.16. The molecule has 0 unspecified atom stereocenters. The van der Waals surface area contributed by atoms with Crippen molar-refractivity contribution in [3.05, 3.63) is 11.9 Å². The summed E-state index contributed by atoms with van der Waals surface area (Å²) < 4.78 is 1.87. The molecule has 0 spiro atoms. The Morgan fingerprint density at radius 3 is 2.86 bits per heavy atom. The highest BCUT2D eigenvalue weighted by atomic mass is 15.4. The van der Waals surface area contributed by atoms with Crippen molar-refractivity contribution in [1.29, 1.82) is 0 Å². The molecule has 0 aliphatic rings. The molecule has 0 amide bonds. The van der Waals surface area contributed by atoms with Gasteiger partial charge in [0.25, 0.3) is 0 Å². The molecule has 80 valence electrons. The Hall–Kier alpha value is -0.900. The number of nitrogens with zero attached hydrogens (tertiary/aromatic N) is 3. The zero-order valence-electron chi connectivity index (χ0n) is 9.16. The molecule has 0 aliphatic heterocycles. The largest absolute Gasteiger partial charge is 0.317 e. The molecule has 4 heteroatoms. The highest BCUT2D eigenvalue weighted by Crippen LogP contribution is 1.97. The van der Waals surface area contributed by atoms with Gasteiger partial charge >= 0.3 is 0 Å². The minimum Gasteiger partial charge on any atom is -0.317 e. The van der Waals surface area contributed by atoms with E-state index in [1.807, 2.05) is 10.9 Å². The second-order valence-corrected chi connectivity index (χ2v) is 3.42. The molecule has 1 heterocycles. The van der Waals surface area contributed by atoms with Gasteiger partial charge in [0.1, 0.15) is 0 Å². The van der Waals surface area contributed by atoms with Gasteiger partial charge < -0.3 is 5.32 Å². The summed E-state index contributed by atoms with van der Waals surface area (Å²) >= 11 is 0. The van der Waals surface area contributed by atoms with Crippen molar-refractivity contribution >= 4 is 0 Å². The van der Waals surface area contributed by atoms with Crippen molar-refractivity contribution in [3.63, 3.8) is 0 Å². The van der Waals surface area contributed by atoms with Crippen LogP contribution in [0.5, 0.6) is 0 Å². The maximum atomic E-state index is 4.09. The van der Waals surface area contributed by atoms with Crippen molar-refractivity contribution in [2.75, 3.05) is 13.1 Å². The maximum Gasteiger partial charge on any atom is 0.0827 e. The fourth-order valence-electron chi connectivity index (χ4n) is 1.30. The molecule has 1 aromatic heterocycles. The number of hydrogen-bond acceptors (Lipinski definition) is 3. The van der Waals surface area contributed by atoms with Crippen molar-refractivity contribution in [2.24, 2.45) is 0 Å². The van der Waals surface area contributed by atoms with E-state index in [-0.39, 0.29) is 0 Å². The van der Waals surface area contributed by atoms with E-state index in [1.165, 1.54) is 6.42 Å². The molecule has 0 radical (unpaired) electrons. The van der Waals surface area contributed by atoms with Crippen LogP contribution >= 0.6 is 0 Å². The topological polar surface area (TPSA) is 42.7 Å². The van der Waals surface area contributed by atoms with Crippen molar-refractivity contribution < 1.29 is 0 Å². The molecule has 0 saturated carbocycles. The van der Waals surface area contributed by atoms with Crippen molar-refractivity contribution in [1.82, 2.24) is 20.3 Å². The second-order valence-electron chi connectivity index (χ2n) is 3.42. The van der Waals surface area contributed by atoms with E-state index < -0.39 is 0 Å². The summed E-state index contributed by atoms with van der Waals surface area (Å²) in [6, 6.07) is 0. The Balaban J connectivity index is 2.12. The van der Waals surface area contributed by atoms with Crippen LogP contribution in [0.2, 0.25) is 0 Å². The fourth-order valence-corrected chi connectivity index (χ4v) is 1.30. The Morgan fingerprint density at radius 1 is 1.36 bits per heavy atom. The first kappa shape index (κ1) is 11.2. The van der Waals surface area contributed by atoms with E-state index in [0.717, 1.165) is 38.2 Å².